The van der Waals surface area contributed by atoms with Crippen molar-refractivity contribution in [2.45, 2.75) is 13.0 Å². The number of ether oxygens (including phenoxy) is 1. The lowest BCUT2D eigenvalue weighted by atomic mass is 9.97. The number of likely N-dealkylation sites (N-methyl/N-ethyl adjacent to an activating group) is 1. The number of hydrogen-bond donors (Lipinski definition) is 2. The molecule has 0 heterocycles. The van der Waals surface area contributed by atoms with Gasteiger partial charge in [0.2, 0.25) is 5.91 Å². The second-order valence-corrected chi connectivity index (χ2v) is 4.30. The monoisotopic (exact) mass is 258 g/mol. The van der Waals surface area contributed by atoms with Gasteiger partial charge in [-0.15, -0.1) is 0 Å². The molecule has 0 aliphatic rings. The molecule has 0 bridgehead atoms. The molecule has 19 heavy (non-hydrogen) atoms. The molecule has 1 amide bonds. The van der Waals surface area contributed by atoms with Crippen LogP contribution in [0.3, 0.4) is 0 Å². The summed E-state index contributed by atoms with van der Waals surface area (Å²) in [5, 5.41) is 5.15. The summed E-state index contributed by atoms with van der Waals surface area (Å²) in [7, 11) is 1.59. The summed E-state index contributed by atoms with van der Waals surface area (Å²) in [5.41, 5.74) is 6.31. The zero-order chi connectivity index (χ0) is 13.8. The third-order valence-electron chi connectivity index (χ3n) is 3.13. The van der Waals surface area contributed by atoms with Gasteiger partial charge >= 0.3 is 0 Å². The largest absolute Gasteiger partial charge is 0.496 e. The third-order valence-corrected chi connectivity index (χ3v) is 3.13. The Morgan fingerprint density at radius 1 is 1.32 bits per heavy atom. The van der Waals surface area contributed by atoms with E-state index >= 15 is 0 Å². The predicted octanol–water partition coefficient (Wildman–Crippen LogP) is 1.98. The van der Waals surface area contributed by atoms with Gasteiger partial charge in [0, 0.05) is 5.56 Å². The molecular weight excluding hydrogens is 240 g/mol. The maximum absolute atomic E-state index is 11.7. The number of hydrogen-bond acceptors (Lipinski definition) is 3. The van der Waals surface area contributed by atoms with E-state index in [2.05, 4.69) is 5.32 Å². The van der Waals surface area contributed by atoms with Gasteiger partial charge in [0.05, 0.1) is 7.11 Å². The van der Waals surface area contributed by atoms with Crippen molar-refractivity contribution >= 4 is 16.7 Å². The van der Waals surface area contributed by atoms with E-state index < -0.39 is 11.9 Å². The maximum Gasteiger partial charge on any atom is 0.239 e. The zero-order valence-corrected chi connectivity index (χ0v) is 11.1. The van der Waals surface area contributed by atoms with Crippen molar-refractivity contribution in [3.05, 3.63) is 42.0 Å². The van der Waals surface area contributed by atoms with Crippen molar-refractivity contribution in [2.75, 3.05) is 13.7 Å². The quantitative estimate of drug-likeness (QED) is 0.862. The molecule has 1 unspecified atom stereocenters. The molecule has 0 aromatic heterocycles. The van der Waals surface area contributed by atoms with Crippen LogP contribution in [0, 0.1) is 0 Å². The van der Waals surface area contributed by atoms with Crippen LogP contribution in [0.25, 0.3) is 10.8 Å². The van der Waals surface area contributed by atoms with Crippen LogP contribution < -0.4 is 15.8 Å². The lowest BCUT2D eigenvalue weighted by Crippen LogP contribution is -2.33. The third kappa shape index (κ3) is 2.53. The lowest BCUT2D eigenvalue weighted by molar-refractivity contribution is -0.120. The fourth-order valence-corrected chi connectivity index (χ4v) is 2.30. The topological polar surface area (TPSA) is 64.3 Å². The van der Waals surface area contributed by atoms with Crippen molar-refractivity contribution < 1.29 is 9.53 Å². The van der Waals surface area contributed by atoms with Crippen molar-refractivity contribution in [2.24, 2.45) is 5.73 Å². The number of primary amides is 1. The second-order valence-electron chi connectivity index (χ2n) is 4.30. The average Bonchev–Trinajstić information content (AvgIpc) is 2.43. The minimum atomic E-state index is -0.550. The Bertz CT molecular complexity index is 596. The molecule has 0 saturated carbocycles. The Kier molecular flexibility index (Phi) is 4.02. The summed E-state index contributed by atoms with van der Waals surface area (Å²) < 4.78 is 5.38. The van der Waals surface area contributed by atoms with Gasteiger partial charge in [-0.1, -0.05) is 37.3 Å². The fraction of sp³-hybridized carbons (Fsp3) is 0.267. The number of rotatable bonds is 5. The van der Waals surface area contributed by atoms with E-state index in [1.165, 1.54) is 0 Å². The highest BCUT2D eigenvalue weighted by Gasteiger charge is 2.22. The van der Waals surface area contributed by atoms with E-state index in [0.717, 1.165) is 16.3 Å². The molecule has 0 radical (unpaired) electrons. The molecule has 2 aromatic carbocycles. The van der Waals surface area contributed by atoms with E-state index in [-0.39, 0.29) is 0 Å². The normalized spacial score (nSPS) is 12.3. The van der Waals surface area contributed by atoms with Gasteiger partial charge in [-0.3, -0.25) is 4.79 Å². The van der Waals surface area contributed by atoms with Gasteiger partial charge in [-0.05, 0) is 23.4 Å². The molecule has 0 saturated heterocycles. The summed E-state index contributed by atoms with van der Waals surface area (Å²) >= 11 is 0. The van der Waals surface area contributed by atoms with Gasteiger partial charge in [-0.25, -0.2) is 0 Å². The first-order chi connectivity index (χ1) is 9.19. The molecule has 2 aromatic rings. The van der Waals surface area contributed by atoms with E-state index in [4.69, 9.17) is 10.5 Å². The van der Waals surface area contributed by atoms with Crippen LogP contribution in [0.2, 0.25) is 0 Å². The number of amides is 1. The molecular formula is C15H18N2O2. The standard InChI is InChI=1S/C15H18N2O2/c1-3-17-14(15(16)18)13-11-7-5-4-6-10(11)8-9-12(13)19-2/h4-9,14,17H,3H2,1-2H3,(H2,16,18). The number of fused-ring (bicyclic) bond motifs is 1. The minimum Gasteiger partial charge on any atom is -0.496 e. The molecule has 1 atom stereocenters. The number of benzene rings is 2. The smallest absolute Gasteiger partial charge is 0.239 e. The Morgan fingerprint density at radius 2 is 2.05 bits per heavy atom. The van der Waals surface area contributed by atoms with Crippen molar-refractivity contribution in [1.29, 1.82) is 0 Å². The lowest BCUT2D eigenvalue weighted by Gasteiger charge is -2.20. The van der Waals surface area contributed by atoms with Crippen LogP contribution in [0.15, 0.2) is 36.4 Å². The van der Waals surface area contributed by atoms with E-state index in [1.807, 2.05) is 43.3 Å². The first-order valence-corrected chi connectivity index (χ1v) is 6.27. The Balaban J connectivity index is 2.69. The zero-order valence-electron chi connectivity index (χ0n) is 11.1. The molecule has 2 rings (SSSR count). The van der Waals surface area contributed by atoms with E-state index in [9.17, 15) is 4.79 Å². The second kappa shape index (κ2) is 5.71. The number of nitrogens with two attached hydrogens (primary N) is 1. The van der Waals surface area contributed by atoms with Gasteiger partial charge in [0.15, 0.2) is 0 Å². The van der Waals surface area contributed by atoms with Crippen LogP contribution in [-0.4, -0.2) is 19.6 Å². The number of methoxy groups -OCH3 is 1. The average molecular weight is 258 g/mol. The molecule has 0 fully saturated rings. The number of carbonyl (C=O) groups excluding carboxylic acids is 1. The summed E-state index contributed by atoms with van der Waals surface area (Å²) in [5.74, 6) is 0.264. The molecule has 0 aliphatic carbocycles. The van der Waals surface area contributed by atoms with Crippen LogP contribution in [0.5, 0.6) is 5.75 Å². The Labute approximate surface area is 112 Å². The fourth-order valence-electron chi connectivity index (χ4n) is 2.30. The van der Waals surface area contributed by atoms with Crippen LogP contribution >= 0.6 is 0 Å². The first kappa shape index (κ1) is 13.4. The summed E-state index contributed by atoms with van der Waals surface area (Å²) in [6.45, 7) is 2.59. The summed E-state index contributed by atoms with van der Waals surface area (Å²) in [4.78, 5) is 11.7. The first-order valence-electron chi connectivity index (χ1n) is 6.27. The Hall–Kier alpha value is -2.07. The highest BCUT2D eigenvalue weighted by atomic mass is 16.5. The molecule has 0 spiro atoms. The van der Waals surface area contributed by atoms with Crippen molar-refractivity contribution in [1.82, 2.24) is 5.32 Å². The van der Waals surface area contributed by atoms with Crippen molar-refractivity contribution in [3.63, 3.8) is 0 Å². The number of carbonyl (C=O) groups is 1. The molecule has 4 heteroatoms. The molecule has 3 N–H and O–H groups in total. The van der Waals surface area contributed by atoms with Crippen molar-refractivity contribution in [3.8, 4) is 5.75 Å². The van der Waals surface area contributed by atoms with Crippen LogP contribution in [0.1, 0.15) is 18.5 Å². The van der Waals surface area contributed by atoms with Gasteiger partial charge in [0.1, 0.15) is 11.8 Å². The SMILES string of the molecule is CCNC(C(N)=O)c1c(OC)ccc2ccccc12. The minimum absolute atomic E-state index is 0.406. The van der Waals surface area contributed by atoms with Gasteiger partial charge in [-0.2, -0.15) is 0 Å². The summed E-state index contributed by atoms with van der Waals surface area (Å²) in [6.07, 6.45) is 0. The van der Waals surface area contributed by atoms with E-state index in [0.29, 0.717) is 12.3 Å². The van der Waals surface area contributed by atoms with Gasteiger partial charge < -0.3 is 15.8 Å². The molecule has 100 valence electrons. The molecule has 0 aliphatic heterocycles. The Morgan fingerprint density at radius 3 is 2.68 bits per heavy atom. The summed E-state index contributed by atoms with van der Waals surface area (Å²) in [6, 6.07) is 11.2. The van der Waals surface area contributed by atoms with Gasteiger partial charge in [0.25, 0.3) is 0 Å². The molecule has 4 nitrogen and oxygen atoms in total. The van der Waals surface area contributed by atoms with Crippen LogP contribution in [-0.2, 0) is 4.79 Å². The highest BCUT2D eigenvalue weighted by Crippen LogP contribution is 2.32. The van der Waals surface area contributed by atoms with E-state index in [1.54, 1.807) is 7.11 Å². The van der Waals surface area contributed by atoms with Crippen LogP contribution in [0.4, 0.5) is 0 Å². The number of nitrogens with one attached hydrogen (secondary N) is 1. The maximum atomic E-state index is 11.7. The highest BCUT2D eigenvalue weighted by molar-refractivity contribution is 5.94. The predicted molar refractivity (Wildman–Crippen MR) is 76.1 cm³/mol.